The Hall–Kier alpha value is -2.10. The van der Waals surface area contributed by atoms with Crippen LogP contribution < -0.4 is 5.32 Å². The second kappa shape index (κ2) is 6.77. The van der Waals surface area contributed by atoms with E-state index < -0.39 is 6.04 Å². The van der Waals surface area contributed by atoms with E-state index in [1.54, 1.807) is 6.07 Å². The second-order valence-corrected chi connectivity index (χ2v) is 6.14. The number of carbonyl (C=O) groups excluding carboxylic acids is 2. The number of nitrogens with one attached hydrogen (secondary N) is 2. The lowest BCUT2D eigenvalue weighted by Gasteiger charge is -2.25. The maximum Gasteiger partial charge on any atom is 0.252 e. The van der Waals surface area contributed by atoms with E-state index in [2.05, 4.69) is 10.3 Å². The molecule has 118 valence electrons. The van der Waals surface area contributed by atoms with Gasteiger partial charge in [-0.2, -0.15) is 0 Å². The zero-order chi connectivity index (χ0) is 16.3. The number of fused-ring (bicyclic) bond motifs is 1. The number of ketones is 1. The van der Waals surface area contributed by atoms with E-state index >= 15 is 0 Å². The number of H-pyrrole nitrogens is 1. The first-order valence-electron chi connectivity index (χ1n) is 7.86. The Morgan fingerprint density at radius 2 is 1.91 bits per heavy atom. The Balaban J connectivity index is 2.28. The van der Waals surface area contributed by atoms with E-state index in [1.807, 2.05) is 52.1 Å². The van der Waals surface area contributed by atoms with Crippen LogP contribution in [0.2, 0.25) is 0 Å². The SMILES string of the molecule is CC[C@H](C)[C@H](NC(=O)c1cccc2[nH]ccc12)C(=O)C(C)C. The minimum absolute atomic E-state index is 0.0870. The highest BCUT2D eigenvalue weighted by atomic mass is 16.2. The lowest BCUT2D eigenvalue weighted by molar-refractivity contribution is -0.124. The maximum atomic E-state index is 12.6. The topological polar surface area (TPSA) is 62.0 Å². The number of hydrogen-bond donors (Lipinski definition) is 2. The van der Waals surface area contributed by atoms with Crippen molar-refractivity contribution in [1.82, 2.24) is 10.3 Å². The third kappa shape index (κ3) is 3.21. The number of carbonyl (C=O) groups is 2. The van der Waals surface area contributed by atoms with Gasteiger partial charge >= 0.3 is 0 Å². The molecular formula is C18H24N2O2. The van der Waals surface area contributed by atoms with Crippen LogP contribution in [-0.4, -0.2) is 22.7 Å². The van der Waals surface area contributed by atoms with Crippen LogP contribution in [0.25, 0.3) is 10.9 Å². The smallest absolute Gasteiger partial charge is 0.252 e. The summed E-state index contributed by atoms with van der Waals surface area (Å²) in [6.45, 7) is 7.78. The zero-order valence-corrected chi connectivity index (χ0v) is 13.6. The predicted molar refractivity (Wildman–Crippen MR) is 88.9 cm³/mol. The van der Waals surface area contributed by atoms with Gasteiger partial charge in [0.1, 0.15) is 0 Å². The van der Waals surface area contributed by atoms with Gasteiger partial charge in [0, 0.05) is 28.6 Å². The van der Waals surface area contributed by atoms with E-state index in [4.69, 9.17) is 0 Å². The van der Waals surface area contributed by atoms with Crippen LogP contribution in [0.4, 0.5) is 0 Å². The standard InChI is InChI=1S/C18H24N2O2/c1-5-12(4)16(17(21)11(2)3)20-18(22)14-7-6-8-15-13(14)9-10-19-15/h6-12,16,19H,5H2,1-4H3,(H,20,22)/t12-,16-/m0/s1. The van der Waals surface area contributed by atoms with E-state index in [-0.39, 0.29) is 23.5 Å². The van der Waals surface area contributed by atoms with Crippen molar-refractivity contribution in [2.45, 2.75) is 40.2 Å². The molecule has 22 heavy (non-hydrogen) atoms. The van der Waals surface area contributed by atoms with E-state index in [9.17, 15) is 9.59 Å². The highest BCUT2D eigenvalue weighted by Crippen LogP contribution is 2.19. The van der Waals surface area contributed by atoms with Gasteiger partial charge in [-0.1, -0.05) is 40.2 Å². The lowest BCUT2D eigenvalue weighted by atomic mass is 9.90. The summed E-state index contributed by atoms with van der Waals surface area (Å²) in [6.07, 6.45) is 2.66. The Labute approximate surface area is 131 Å². The number of rotatable bonds is 6. The van der Waals surface area contributed by atoms with Gasteiger partial charge < -0.3 is 10.3 Å². The van der Waals surface area contributed by atoms with Crippen LogP contribution in [0.3, 0.4) is 0 Å². The van der Waals surface area contributed by atoms with Crippen LogP contribution in [0.1, 0.15) is 44.5 Å². The van der Waals surface area contributed by atoms with Gasteiger partial charge in [-0.25, -0.2) is 0 Å². The highest BCUT2D eigenvalue weighted by Gasteiger charge is 2.28. The van der Waals surface area contributed by atoms with Crippen molar-refractivity contribution in [2.24, 2.45) is 11.8 Å². The van der Waals surface area contributed by atoms with Crippen molar-refractivity contribution >= 4 is 22.6 Å². The summed E-state index contributed by atoms with van der Waals surface area (Å²) in [5.74, 6) is -0.0833. The molecule has 0 saturated carbocycles. The van der Waals surface area contributed by atoms with E-state index in [1.165, 1.54) is 0 Å². The molecule has 0 unspecified atom stereocenters. The molecule has 0 aliphatic carbocycles. The fourth-order valence-corrected chi connectivity index (χ4v) is 2.59. The largest absolute Gasteiger partial charge is 0.361 e. The van der Waals surface area contributed by atoms with Gasteiger partial charge in [0.25, 0.3) is 5.91 Å². The first kappa shape index (κ1) is 16.3. The van der Waals surface area contributed by atoms with Gasteiger partial charge in [-0.3, -0.25) is 9.59 Å². The van der Waals surface area contributed by atoms with Gasteiger partial charge in [0.15, 0.2) is 5.78 Å². The molecule has 0 aliphatic rings. The Morgan fingerprint density at radius 1 is 1.18 bits per heavy atom. The summed E-state index contributed by atoms with van der Waals surface area (Å²) in [5.41, 5.74) is 1.52. The molecule has 0 spiro atoms. The molecule has 0 radical (unpaired) electrons. The third-order valence-corrected chi connectivity index (χ3v) is 4.21. The summed E-state index contributed by atoms with van der Waals surface area (Å²) < 4.78 is 0. The monoisotopic (exact) mass is 300 g/mol. The Kier molecular flexibility index (Phi) is 5.01. The van der Waals surface area contributed by atoms with Crippen LogP contribution in [0, 0.1) is 11.8 Å². The Bertz CT molecular complexity index is 673. The van der Waals surface area contributed by atoms with Crippen molar-refractivity contribution < 1.29 is 9.59 Å². The molecule has 2 rings (SSSR count). The molecule has 0 fully saturated rings. The van der Waals surface area contributed by atoms with E-state index in [0.29, 0.717) is 5.56 Å². The van der Waals surface area contributed by atoms with Crippen LogP contribution >= 0.6 is 0 Å². The lowest BCUT2D eigenvalue weighted by Crippen LogP contribution is -2.46. The average molecular weight is 300 g/mol. The molecule has 2 atom stereocenters. The molecule has 1 aromatic carbocycles. The van der Waals surface area contributed by atoms with Crippen molar-refractivity contribution in [3.05, 3.63) is 36.0 Å². The van der Waals surface area contributed by atoms with Crippen LogP contribution in [0.15, 0.2) is 30.5 Å². The molecule has 0 bridgehead atoms. The maximum absolute atomic E-state index is 12.6. The fraction of sp³-hybridized carbons (Fsp3) is 0.444. The molecule has 1 amide bonds. The number of aromatic amines is 1. The zero-order valence-electron chi connectivity index (χ0n) is 13.6. The molecular weight excluding hydrogens is 276 g/mol. The summed E-state index contributed by atoms with van der Waals surface area (Å²) >= 11 is 0. The fourth-order valence-electron chi connectivity index (χ4n) is 2.59. The van der Waals surface area contributed by atoms with Crippen LogP contribution in [0.5, 0.6) is 0 Å². The molecule has 4 nitrogen and oxygen atoms in total. The van der Waals surface area contributed by atoms with Crippen molar-refractivity contribution in [3.8, 4) is 0 Å². The molecule has 0 aliphatic heterocycles. The van der Waals surface area contributed by atoms with Gasteiger partial charge in [0.05, 0.1) is 6.04 Å². The molecule has 2 aromatic rings. The second-order valence-electron chi connectivity index (χ2n) is 6.14. The van der Waals surface area contributed by atoms with Gasteiger partial charge in [-0.05, 0) is 24.1 Å². The number of aromatic nitrogens is 1. The molecule has 2 N–H and O–H groups in total. The van der Waals surface area contributed by atoms with Gasteiger partial charge in [-0.15, -0.1) is 0 Å². The number of Topliss-reactive ketones (excluding diaryl/α,β-unsaturated/α-hetero) is 1. The van der Waals surface area contributed by atoms with Crippen LogP contribution in [-0.2, 0) is 4.79 Å². The minimum atomic E-state index is -0.438. The molecule has 0 saturated heterocycles. The quantitative estimate of drug-likeness (QED) is 0.857. The highest BCUT2D eigenvalue weighted by molar-refractivity contribution is 6.07. The van der Waals surface area contributed by atoms with Crippen molar-refractivity contribution in [2.75, 3.05) is 0 Å². The number of amides is 1. The third-order valence-electron chi connectivity index (χ3n) is 4.21. The molecule has 1 aromatic heterocycles. The summed E-state index contributed by atoms with van der Waals surface area (Å²) in [5, 5.41) is 3.82. The first-order valence-corrected chi connectivity index (χ1v) is 7.86. The summed E-state index contributed by atoms with van der Waals surface area (Å²) in [4.78, 5) is 28.1. The van der Waals surface area contributed by atoms with Gasteiger partial charge in [0.2, 0.25) is 0 Å². The first-order chi connectivity index (χ1) is 10.5. The molecule has 1 heterocycles. The van der Waals surface area contributed by atoms with Crippen molar-refractivity contribution in [1.29, 1.82) is 0 Å². The Morgan fingerprint density at radius 3 is 2.55 bits per heavy atom. The summed E-state index contributed by atoms with van der Waals surface area (Å²) in [7, 11) is 0. The normalized spacial score (nSPS) is 14.0. The molecule has 4 heteroatoms. The average Bonchev–Trinajstić information content (AvgIpc) is 2.99. The minimum Gasteiger partial charge on any atom is -0.361 e. The predicted octanol–water partition coefficient (Wildman–Crippen LogP) is 3.54. The summed E-state index contributed by atoms with van der Waals surface area (Å²) in [6, 6.07) is 7.01. The van der Waals surface area contributed by atoms with E-state index in [0.717, 1.165) is 17.3 Å². The number of benzene rings is 1. The van der Waals surface area contributed by atoms with Crippen molar-refractivity contribution in [3.63, 3.8) is 0 Å². The number of hydrogen-bond acceptors (Lipinski definition) is 2.